The molecular weight excluding hydrogens is 476 g/mol. The predicted molar refractivity (Wildman–Crippen MR) is 129 cm³/mol. The second-order valence-corrected chi connectivity index (χ2v) is 10.7. The summed E-state index contributed by atoms with van der Waals surface area (Å²) in [6.45, 7) is 9.66. The van der Waals surface area contributed by atoms with Gasteiger partial charge in [0.2, 0.25) is 5.91 Å². The highest BCUT2D eigenvalue weighted by molar-refractivity contribution is 9.10. The zero-order valence-electron chi connectivity index (χ0n) is 18.5. The summed E-state index contributed by atoms with van der Waals surface area (Å²) in [6.07, 6.45) is 0.880. The number of nitrogens with zero attached hydrogens (tertiary/aromatic N) is 1. The van der Waals surface area contributed by atoms with Gasteiger partial charge in [0.1, 0.15) is 6.04 Å². The minimum atomic E-state index is -0.561. The normalized spacial score (nSPS) is 19.2. The van der Waals surface area contributed by atoms with Crippen molar-refractivity contribution in [1.29, 1.82) is 0 Å². The Bertz CT molecular complexity index is 943. The van der Waals surface area contributed by atoms with Gasteiger partial charge in [-0.3, -0.25) is 9.59 Å². The Morgan fingerprint density at radius 2 is 1.84 bits per heavy atom. The Hall–Kier alpha value is -1.85. The van der Waals surface area contributed by atoms with Gasteiger partial charge in [0.05, 0.1) is 0 Å². The van der Waals surface area contributed by atoms with Crippen LogP contribution in [0.4, 0.5) is 0 Å². The van der Waals surface area contributed by atoms with Crippen LogP contribution in [0.2, 0.25) is 5.02 Å². The fourth-order valence-electron chi connectivity index (χ4n) is 4.42. The third-order valence-corrected chi connectivity index (χ3v) is 6.86. The number of carbonyl (C=O) groups excluding carboxylic acids is 2. The molecule has 0 saturated carbocycles. The van der Waals surface area contributed by atoms with Crippen molar-refractivity contribution in [3.8, 4) is 0 Å². The van der Waals surface area contributed by atoms with Crippen LogP contribution < -0.4 is 5.32 Å². The van der Waals surface area contributed by atoms with Crippen LogP contribution in [0.1, 0.15) is 56.0 Å². The highest BCUT2D eigenvalue weighted by atomic mass is 79.9. The van der Waals surface area contributed by atoms with Gasteiger partial charge in [-0.25, -0.2) is 0 Å². The number of halogens is 2. The maximum Gasteiger partial charge on any atom is 0.251 e. The first kappa shape index (κ1) is 23.8. The van der Waals surface area contributed by atoms with Crippen molar-refractivity contribution in [3.05, 3.63) is 69.2 Å². The molecule has 3 rings (SSSR count). The van der Waals surface area contributed by atoms with Gasteiger partial charge in [0.25, 0.3) is 5.91 Å². The SMILES string of the molecule is CC(C)[C@@H](NC(=O)c1cccc(Br)c1)C(=O)N1CCC(c2ccc(Cl)cc2)C(C)(C)C1. The molecule has 1 N–H and O–H groups in total. The summed E-state index contributed by atoms with van der Waals surface area (Å²) >= 11 is 9.45. The monoisotopic (exact) mass is 504 g/mol. The van der Waals surface area contributed by atoms with Crippen LogP contribution >= 0.6 is 27.5 Å². The largest absolute Gasteiger partial charge is 0.340 e. The molecule has 2 atom stereocenters. The molecule has 166 valence electrons. The van der Waals surface area contributed by atoms with E-state index in [1.54, 1.807) is 12.1 Å². The molecule has 2 aromatic carbocycles. The van der Waals surface area contributed by atoms with Crippen LogP contribution in [0.15, 0.2) is 53.0 Å². The third kappa shape index (κ3) is 5.69. The predicted octanol–water partition coefficient (Wildman–Crippen LogP) is 5.90. The van der Waals surface area contributed by atoms with Crippen LogP contribution in [-0.4, -0.2) is 35.8 Å². The van der Waals surface area contributed by atoms with E-state index in [-0.39, 0.29) is 23.1 Å². The molecule has 1 heterocycles. The van der Waals surface area contributed by atoms with Crippen LogP contribution in [0, 0.1) is 11.3 Å². The van der Waals surface area contributed by atoms with Crippen molar-refractivity contribution in [2.75, 3.05) is 13.1 Å². The van der Waals surface area contributed by atoms with Gasteiger partial charge in [-0.05, 0) is 59.6 Å². The number of carbonyl (C=O) groups is 2. The number of benzene rings is 2. The van der Waals surface area contributed by atoms with Gasteiger partial charge in [0.15, 0.2) is 0 Å². The molecule has 0 spiro atoms. The number of likely N-dealkylation sites (tertiary alicyclic amines) is 1. The van der Waals surface area contributed by atoms with E-state index < -0.39 is 6.04 Å². The van der Waals surface area contributed by atoms with Crippen molar-refractivity contribution < 1.29 is 9.59 Å². The maximum absolute atomic E-state index is 13.4. The summed E-state index contributed by atoms with van der Waals surface area (Å²) in [5, 5.41) is 3.70. The minimum Gasteiger partial charge on any atom is -0.340 e. The van der Waals surface area contributed by atoms with E-state index in [2.05, 4.69) is 47.2 Å². The van der Waals surface area contributed by atoms with Gasteiger partial charge < -0.3 is 10.2 Å². The van der Waals surface area contributed by atoms with Gasteiger partial charge in [-0.1, -0.05) is 73.4 Å². The Labute approximate surface area is 198 Å². The summed E-state index contributed by atoms with van der Waals surface area (Å²) in [5.41, 5.74) is 1.71. The Morgan fingerprint density at radius 1 is 1.16 bits per heavy atom. The van der Waals surface area contributed by atoms with E-state index in [0.29, 0.717) is 24.6 Å². The quantitative estimate of drug-likeness (QED) is 0.550. The third-order valence-electron chi connectivity index (χ3n) is 6.12. The van der Waals surface area contributed by atoms with E-state index in [1.807, 2.05) is 43.0 Å². The second-order valence-electron chi connectivity index (χ2n) is 9.35. The molecule has 6 heteroatoms. The number of hydrogen-bond donors (Lipinski definition) is 1. The Kier molecular flexibility index (Phi) is 7.48. The van der Waals surface area contributed by atoms with Crippen molar-refractivity contribution in [3.63, 3.8) is 0 Å². The molecule has 0 bridgehead atoms. The summed E-state index contributed by atoms with van der Waals surface area (Å²) in [5.74, 6) is 0.0907. The molecule has 0 aliphatic carbocycles. The molecule has 1 aliphatic rings. The van der Waals surface area contributed by atoms with Crippen molar-refractivity contribution >= 4 is 39.3 Å². The summed E-state index contributed by atoms with van der Waals surface area (Å²) in [4.78, 5) is 28.1. The molecule has 0 radical (unpaired) electrons. The van der Waals surface area contributed by atoms with E-state index in [0.717, 1.165) is 15.9 Å². The zero-order chi connectivity index (χ0) is 22.8. The Morgan fingerprint density at radius 3 is 2.42 bits per heavy atom. The van der Waals surface area contributed by atoms with Crippen LogP contribution in [0.5, 0.6) is 0 Å². The van der Waals surface area contributed by atoms with Crippen molar-refractivity contribution in [2.45, 2.75) is 46.1 Å². The average molecular weight is 506 g/mol. The van der Waals surface area contributed by atoms with Crippen LogP contribution in [-0.2, 0) is 4.79 Å². The molecule has 1 aliphatic heterocycles. The zero-order valence-corrected chi connectivity index (χ0v) is 20.8. The topological polar surface area (TPSA) is 49.4 Å². The highest BCUT2D eigenvalue weighted by Crippen LogP contribution is 2.42. The molecule has 1 saturated heterocycles. The number of amides is 2. The highest BCUT2D eigenvalue weighted by Gasteiger charge is 2.40. The fraction of sp³-hybridized carbons (Fsp3) is 0.440. The molecule has 0 aromatic heterocycles. The first-order valence-corrected chi connectivity index (χ1v) is 11.9. The lowest BCUT2D eigenvalue weighted by Crippen LogP contribution is -2.55. The summed E-state index contributed by atoms with van der Waals surface area (Å²) in [7, 11) is 0. The molecule has 2 aromatic rings. The van der Waals surface area contributed by atoms with Crippen LogP contribution in [0.3, 0.4) is 0 Å². The first-order chi connectivity index (χ1) is 14.6. The average Bonchev–Trinajstić information content (AvgIpc) is 2.71. The molecule has 4 nitrogen and oxygen atoms in total. The molecule has 1 fully saturated rings. The summed E-state index contributed by atoms with van der Waals surface area (Å²) < 4.78 is 0.832. The molecule has 1 unspecified atom stereocenters. The fourth-order valence-corrected chi connectivity index (χ4v) is 4.95. The minimum absolute atomic E-state index is 0.0130. The standard InChI is InChI=1S/C25H30BrClN2O2/c1-16(2)22(28-23(30)18-6-5-7-19(26)14-18)24(31)29-13-12-21(25(3,4)15-29)17-8-10-20(27)11-9-17/h5-11,14,16,21-22H,12-13,15H2,1-4H3,(H,28,30)/t21?,22-/m1/s1. The number of piperidine rings is 1. The second kappa shape index (κ2) is 9.74. The van der Waals surface area contributed by atoms with Gasteiger partial charge in [-0.2, -0.15) is 0 Å². The molecule has 31 heavy (non-hydrogen) atoms. The smallest absolute Gasteiger partial charge is 0.251 e. The lowest BCUT2D eigenvalue weighted by Gasteiger charge is -2.45. The summed E-state index contributed by atoms with van der Waals surface area (Å²) in [6, 6.07) is 14.7. The molecule has 2 amide bonds. The van der Waals surface area contributed by atoms with E-state index in [4.69, 9.17) is 11.6 Å². The van der Waals surface area contributed by atoms with E-state index in [9.17, 15) is 9.59 Å². The van der Waals surface area contributed by atoms with E-state index >= 15 is 0 Å². The Balaban J connectivity index is 1.72. The number of rotatable bonds is 5. The van der Waals surface area contributed by atoms with Gasteiger partial charge >= 0.3 is 0 Å². The molecular formula is C25H30BrClN2O2. The van der Waals surface area contributed by atoms with Gasteiger partial charge in [0, 0.05) is 28.1 Å². The number of hydrogen-bond acceptors (Lipinski definition) is 2. The lowest BCUT2D eigenvalue weighted by molar-refractivity contribution is -0.137. The number of nitrogens with one attached hydrogen (secondary N) is 1. The first-order valence-electron chi connectivity index (χ1n) is 10.7. The maximum atomic E-state index is 13.4. The van der Waals surface area contributed by atoms with Gasteiger partial charge in [-0.15, -0.1) is 0 Å². The van der Waals surface area contributed by atoms with Crippen molar-refractivity contribution in [2.24, 2.45) is 11.3 Å². The van der Waals surface area contributed by atoms with Crippen molar-refractivity contribution in [1.82, 2.24) is 10.2 Å². The van der Waals surface area contributed by atoms with Crippen LogP contribution in [0.25, 0.3) is 0 Å². The lowest BCUT2D eigenvalue weighted by atomic mass is 9.70. The van der Waals surface area contributed by atoms with E-state index in [1.165, 1.54) is 5.56 Å².